The number of hydrogen-bond acceptors (Lipinski definition) is 3. The minimum absolute atomic E-state index is 0.254. The van der Waals surface area contributed by atoms with E-state index in [4.69, 9.17) is 4.74 Å². The number of carbonyl (C=O) groups excluding carboxylic acids is 1. The molecule has 1 aromatic carbocycles. The Morgan fingerprint density at radius 1 is 1.35 bits per heavy atom. The molecule has 0 unspecified atom stereocenters. The van der Waals surface area contributed by atoms with Crippen LogP contribution in [0.5, 0.6) is 5.75 Å². The summed E-state index contributed by atoms with van der Waals surface area (Å²) in [5.41, 5.74) is 0.313. The molecule has 4 heteroatoms. The summed E-state index contributed by atoms with van der Waals surface area (Å²) in [6.45, 7) is 8.18. The third-order valence-corrected chi connectivity index (χ3v) is 2.41. The first kappa shape index (κ1) is 13.1. The number of benzene rings is 1. The molecule has 0 spiro atoms. The van der Waals surface area contributed by atoms with Gasteiger partial charge in [0.25, 0.3) is 0 Å². The van der Waals surface area contributed by atoms with Crippen molar-refractivity contribution >= 4 is 11.9 Å². The molecule has 0 saturated carbocycles. The van der Waals surface area contributed by atoms with Crippen LogP contribution in [0.2, 0.25) is 0 Å². The molecule has 0 saturated heterocycles. The second-order valence-electron chi connectivity index (χ2n) is 3.46. The van der Waals surface area contributed by atoms with Crippen LogP contribution in [0.4, 0.5) is 4.79 Å². The van der Waals surface area contributed by atoms with Gasteiger partial charge in [0.2, 0.25) is 0 Å². The first-order valence-electron chi connectivity index (χ1n) is 5.52. The third-order valence-electron chi connectivity index (χ3n) is 2.41. The van der Waals surface area contributed by atoms with Gasteiger partial charge < -0.3 is 14.7 Å². The standard InChI is InChI=1S/C13H17NO3/c1-4-14(5-2)13(16)17-12-9-7-6-8-11(12)10(3)15/h6-9,15H,3-5H2,1-2H3/p-1. The molecule has 0 heterocycles. The Balaban J connectivity index is 2.88. The van der Waals surface area contributed by atoms with E-state index >= 15 is 0 Å². The van der Waals surface area contributed by atoms with Crippen molar-refractivity contribution in [2.45, 2.75) is 13.8 Å². The number of ether oxygens (including phenoxy) is 1. The maximum Gasteiger partial charge on any atom is 0.415 e. The average molecular weight is 234 g/mol. The number of para-hydroxylation sites is 1. The fraction of sp³-hybridized carbons (Fsp3) is 0.308. The predicted molar refractivity (Wildman–Crippen MR) is 64.4 cm³/mol. The summed E-state index contributed by atoms with van der Waals surface area (Å²) < 4.78 is 5.18. The van der Waals surface area contributed by atoms with Gasteiger partial charge in [-0.3, -0.25) is 0 Å². The highest BCUT2D eigenvalue weighted by atomic mass is 16.6. The van der Waals surface area contributed by atoms with E-state index in [9.17, 15) is 9.90 Å². The average Bonchev–Trinajstić information content (AvgIpc) is 2.31. The van der Waals surface area contributed by atoms with Crippen LogP contribution in [0.1, 0.15) is 19.4 Å². The molecular formula is C13H16NO3-. The lowest BCUT2D eigenvalue weighted by atomic mass is 10.2. The van der Waals surface area contributed by atoms with E-state index in [1.165, 1.54) is 4.90 Å². The number of hydrogen-bond donors (Lipinski definition) is 0. The fourth-order valence-electron chi connectivity index (χ4n) is 1.43. The minimum atomic E-state index is -0.455. The third kappa shape index (κ3) is 3.24. The van der Waals surface area contributed by atoms with Crippen LogP contribution in [0.25, 0.3) is 5.76 Å². The second kappa shape index (κ2) is 5.94. The Morgan fingerprint density at radius 2 is 1.94 bits per heavy atom. The molecule has 0 fully saturated rings. The topological polar surface area (TPSA) is 52.6 Å². The molecule has 4 nitrogen and oxygen atoms in total. The van der Waals surface area contributed by atoms with E-state index in [1.54, 1.807) is 24.3 Å². The summed E-state index contributed by atoms with van der Waals surface area (Å²) in [6, 6.07) is 6.57. The first-order chi connectivity index (χ1) is 8.10. The Bertz CT molecular complexity index is 411. The van der Waals surface area contributed by atoms with Gasteiger partial charge in [-0.1, -0.05) is 18.2 Å². The van der Waals surface area contributed by atoms with Crippen molar-refractivity contribution < 1.29 is 14.6 Å². The number of rotatable bonds is 4. The molecule has 17 heavy (non-hydrogen) atoms. The molecule has 1 rings (SSSR count). The summed E-state index contributed by atoms with van der Waals surface area (Å²) in [5, 5.41) is 11.2. The van der Waals surface area contributed by atoms with Crippen LogP contribution >= 0.6 is 0 Å². The molecule has 0 bridgehead atoms. The molecule has 0 radical (unpaired) electrons. The Hall–Kier alpha value is -1.97. The fourth-order valence-corrected chi connectivity index (χ4v) is 1.43. The van der Waals surface area contributed by atoms with Crippen molar-refractivity contribution in [3.05, 3.63) is 36.4 Å². The number of amides is 1. The molecule has 0 aliphatic carbocycles. The van der Waals surface area contributed by atoms with Gasteiger partial charge in [-0.15, -0.1) is 12.3 Å². The van der Waals surface area contributed by atoms with E-state index in [-0.39, 0.29) is 11.5 Å². The van der Waals surface area contributed by atoms with Crippen molar-refractivity contribution in [2.75, 3.05) is 13.1 Å². The second-order valence-corrected chi connectivity index (χ2v) is 3.46. The van der Waals surface area contributed by atoms with Crippen molar-refractivity contribution in [3.8, 4) is 5.75 Å². The van der Waals surface area contributed by atoms with Crippen molar-refractivity contribution in [1.82, 2.24) is 4.90 Å². The molecule has 0 aromatic heterocycles. The van der Waals surface area contributed by atoms with Gasteiger partial charge in [0.1, 0.15) is 5.75 Å². The molecule has 1 amide bonds. The lowest BCUT2D eigenvalue weighted by Crippen LogP contribution is -2.33. The van der Waals surface area contributed by atoms with Crippen molar-refractivity contribution in [1.29, 1.82) is 0 Å². The molecule has 1 aromatic rings. The van der Waals surface area contributed by atoms with Gasteiger partial charge in [-0.25, -0.2) is 4.79 Å². The van der Waals surface area contributed by atoms with Crippen molar-refractivity contribution in [2.24, 2.45) is 0 Å². The SMILES string of the molecule is C=C([O-])c1ccccc1OC(=O)N(CC)CC. The molecule has 0 aliphatic heterocycles. The highest BCUT2D eigenvalue weighted by Crippen LogP contribution is 2.22. The van der Waals surface area contributed by atoms with Crippen LogP contribution in [0, 0.1) is 0 Å². The van der Waals surface area contributed by atoms with Gasteiger partial charge in [0.15, 0.2) is 0 Å². The van der Waals surface area contributed by atoms with Gasteiger partial charge >= 0.3 is 6.09 Å². The smallest absolute Gasteiger partial charge is 0.415 e. The number of nitrogens with zero attached hydrogens (tertiary/aromatic N) is 1. The maximum atomic E-state index is 11.7. The van der Waals surface area contributed by atoms with Crippen LogP contribution < -0.4 is 9.84 Å². The summed E-state index contributed by atoms with van der Waals surface area (Å²) in [7, 11) is 0. The van der Waals surface area contributed by atoms with E-state index in [0.717, 1.165) is 0 Å². The van der Waals surface area contributed by atoms with Crippen LogP contribution in [-0.4, -0.2) is 24.1 Å². The van der Waals surface area contributed by atoms with Crippen molar-refractivity contribution in [3.63, 3.8) is 0 Å². The molecule has 0 N–H and O–H groups in total. The van der Waals surface area contributed by atoms with Gasteiger partial charge in [0.05, 0.1) is 0 Å². The van der Waals surface area contributed by atoms with E-state index < -0.39 is 6.09 Å². The number of carbonyl (C=O) groups is 1. The van der Waals surface area contributed by atoms with Crippen LogP contribution in [0.15, 0.2) is 30.8 Å². The quantitative estimate of drug-likeness (QED) is 0.747. The Morgan fingerprint density at radius 3 is 2.47 bits per heavy atom. The molecule has 0 atom stereocenters. The van der Waals surface area contributed by atoms with E-state index in [2.05, 4.69) is 6.58 Å². The maximum absolute atomic E-state index is 11.7. The Kier molecular flexibility index (Phi) is 4.57. The van der Waals surface area contributed by atoms with Crippen LogP contribution in [-0.2, 0) is 0 Å². The zero-order chi connectivity index (χ0) is 12.8. The largest absolute Gasteiger partial charge is 0.872 e. The summed E-state index contributed by atoms with van der Waals surface area (Å²) in [5.74, 6) is -0.114. The summed E-state index contributed by atoms with van der Waals surface area (Å²) >= 11 is 0. The Labute approximate surface area is 101 Å². The molecule has 92 valence electrons. The predicted octanol–water partition coefficient (Wildman–Crippen LogP) is 1.86. The van der Waals surface area contributed by atoms with E-state index in [0.29, 0.717) is 18.7 Å². The first-order valence-corrected chi connectivity index (χ1v) is 5.52. The zero-order valence-corrected chi connectivity index (χ0v) is 10.1. The zero-order valence-electron chi connectivity index (χ0n) is 10.1. The molecular weight excluding hydrogens is 218 g/mol. The van der Waals surface area contributed by atoms with Gasteiger partial charge in [0, 0.05) is 18.7 Å². The summed E-state index contributed by atoms with van der Waals surface area (Å²) in [4.78, 5) is 13.3. The normalized spacial score (nSPS) is 9.76. The lowest BCUT2D eigenvalue weighted by Gasteiger charge is -2.20. The van der Waals surface area contributed by atoms with Gasteiger partial charge in [-0.05, 0) is 19.9 Å². The molecule has 0 aliphatic rings. The summed E-state index contributed by atoms with van der Waals surface area (Å²) in [6.07, 6.45) is -0.455. The lowest BCUT2D eigenvalue weighted by molar-refractivity contribution is -0.243. The monoisotopic (exact) mass is 234 g/mol. The highest BCUT2D eigenvalue weighted by Gasteiger charge is 2.13. The van der Waals surface area contributed by atoms with E-state index in [1.807, 2.05) is 13.8 Å². The van der Waals surface area contributed by atoms with Crippen LogP contribution in [0.3, 0.4) is 0 Å². The highest BCUT2D eigenvalue weighted by molar-refractivity contribution is 5.73. The minimum Gasteiger partial charge on any atom is -0.872 e. The van der Waals surface area contributed by atoms with Gasteiger partial charge in [-0.2, -0.15) is 0 Å².